The molecule has 3 aromatic rings. The van der Waals surface area contributed by atoms with Crippen molar-refractivity contribution in [2.24, 2.45) is 0 Å². The number of methoxy groups -OCH3 is 1. The largest absolute Gasteiger partial charge is 0.497 e. The summed E-state index contributed by atoms with van der Waals surface area (Å²) in [6.45, 7) is 1.20. The highest BCUT2D eigenvalue weighted by Gasteiger charge is 2.07. The van der Waals surface area contributed by atoms with Gasteiger partial charge >= 0.3 is 0 Å². The molecule has 6 nitrogen and oxygen atoms in total. The summed E-state index contributed by atoms with van der Waals surface area (Å²) < 4.78 is 23.6. The van der Waals surface area contributed by atoms with E-state index in [-0.39, 0.29) is 11.7 Å². The number of aromatic nitrogens is 1. The second-order valence-corrected chi connectivity index (χ2v) is 6.22. The molecule has 0 spiro atoms. The van der Waals surface area contributed by atoms with Crippen LogP contribution < -0.4 is 20.1 Å². The van der Waals surface area contributed by atoms with E-state index in [2.05, 4.69) is 15.6 Å². The van der Waals surface area contributed by atoms with Gasteiger partial charge in [-0.15, -0.1) is 0 Å². The summed E-state index contributed by atoms with van der Waals surface area (Å²) in [7, 11) is 1.60. The summed E-state index contributed by atoms with van der Waals surface area (Å²) in [4.78, 5) is 16.4. The van der Waals surface area contributed by atoms with Crippen LogP contribution in [0.25, 0.3) is 0 Å². The number of ether oxygens (including phenoxy) is 2. The van der Waals surface area contributed by atoms with E-state index in [4.69, 9.17) is 9.47 Å². The predicted octanol–water partition coefficient (Wildman–Crippen LogP) is 3.65. The number of carbonyl (C=O) groups excluding carboxylic acids is 1. The van der Waals surface area contributed by atoms with E-state index in [9.17, 15) is 9.18 Å². The van der Waals surface area contributed by atoms with E-state index in [1.165, 1.54) is 18.3 Å². The van der Waals surface area contributed by atoms with Crippen molar-refractivity contribution in [3.63, 3.8) is 0 Å². The van der Waals surface area contributed by atoms with E-state index in [1.54, 1.807) is 43.6 Å². The van der Waals surface area contributed by atoms with E-state index >= 15 is 0 Å². The Hall–Kier alpha value is -3.61. The Balaban J connectivity index is 1.45. The molecule has 0 unspecified atom stereocenters. The number of hydrogen-bond donors (Lipinski definition) is 2. The quantitative estimate of drug-likeness (QED) is 0.541. The van der Waals surface area contributed by atoms with Crippen LogP contribution in [0, 0.1) is 5.82 Å². The van der Waals surface area contributed by atoms with Crippen LogP contribution in [-0.2, 0) is 6.54 Å². The predicted molar refractivity (Wildman–Crippen MR) is 109 cm³/mol. The molecule has 0 fully saturated rings. The van der Waals surface area contributed by atoms with Gasteiger partial charge in [0.1, 0.15) is 23.9 Å². The number of anilines is 1. The van der Waals surface area contributed by atoms with Gasteiger partial charge < -0.3 is 20.1 Å². The van der Waals surface area contributed by atoms with Crippen LogP contribution in [-0.4, -0.2) is 31.2 Å². The van der Waals surface area contributed by atoms with Gasteiger partial charge in [0.25, 0.3) is 5.91 Å². The molecule has 0 aliphatic rings. The van der Waals surface area contributed by atoms with Crippen LogP contribution in [0.2, 0.25) is 0 Å². The Bertz CT molecular complexity index is 931. The van der Waals surface area contributed by atoms with Crippen molar-refractivity contribution in [3.8, 4) is 11.5 Å². The molecule has 0 bridgehead atoms. The van der Waals surface area contributed by atoms with Gasteiger partial charge in [0.2, 0.25) is 0 Å². The molecule has 0 saturated heterocycles. The lowest BCUT2D eigenvalue weighted by atomic mass is 10.2. The molecule has 7 heteroatoms. The Morgan fingerprint density at radius 3 is 2.48 bits per heavy atom. The molecule has 150 valence electrons. The van der Waals surface area contributed by atoms with Gasteiger partial charge in [0.05, 0.1) is 24.9 Å². The van der Waals surface area contributed by atoms with Crippen LogP contribution in [0.3, 0.4) is 0 Å². The minimum atomic E-state index is -0.273. The average Bonchev–Trinajstić information content (AvgIpc) is 2.77. The molecular formula is C22H22FN3O3. The highest BCUT2D eigenvalue weighted by atomic mass is 19.1. The zero-order valence-electron chi connectivity index (χ0n) is 16.0. The Morgan fingerprint density at radius 2 is 1.76 bits per heavy atom. The van der Waals surface area contributed by atoms with Crippen molar-refractivity contribution in [1.82, 2.24) is 10.3 Å². The summed E-state index contributed by atoms with van der Waals surface area (Å²) in [6.07, 6.45) is 3.13. The fourth-order valence-corrected chi connectivity index (χ4v) is 2.57. The molecule has 0 atom stereocenters. The van der Waals surface area contributed by atoms with Gasteiger partial charge in [0, 0.05) is 18.9 Å². The normalized spacial score (nSPS) is 10.3. The first kappa shape index (κ1) is 20.1. The topological polar surface area (TPSA) is 72.5 Å². The summed E-state index contributed by atoms with van der Waals surface area (Å²) >= 11 is 0. The van der Waals surface area contributed by atoms with Crippen molar-refractivity contribution >= 4 is 11.6 Å². The second-order valence-electron chi connectivity index (χ2n) is 6.22. The maximum atomic E-state index is 13.0. The Labute approximate surface area is 168 Å². The zero-order valence-corrected chi connectivity index (χ0v) is 16.0. The van der Waals surface area contributed by atoms with Crippen LogP contribution in [0.5, 0.6) is 11.5 Å². The van der Waals surface area contributed by atoms with Crippen molar-refractivity contribution in [3.05, 3.63) is 83.9 Å². The van der Waals surface area contributed by atoms with E-state index in [0.29, 0.717) is 36.7 Å². The molecule has 0 radical (unpaired) electrons. The first-order valence-electron chi connectivity index (χ1n) is 9.12. The number of benzene rings is 2. The number of nitrogens with one attached hydrogen (secondary N) is 2. The second kappa shape index (κ2) is 10.1. The molecule has 1 amide bonds. The van der Waals surface area contributed by atoms with Crippen molar-refractivity contribution in [2.45, 2.75) is 6.54 Å². The van der Waals surface area contributed by atoms with Gasteiger partial charge in [-0.3, -0.25) is 9.78 Å². The molecule has 2 aromatic carbocycles. The summed E-state index contributed by atoms with van der Waals surface area (Å²) in [5.74, 6) is 0.950. The third kappa shape index (κ3) is 6.21. The standard InChI is InChI=1S/C22H22FN3O3/c1-28-20-6-8-21(9-7-20)29-11-10-25-22(27)17-12-19(15-24-14-17)26-13-16-2-4-18(23)5-3-16/h2-9,12,14-15,26H,10-11,13H2,1H3,(H,25,27). The van der Waals surface area contributed by atoms with Gasteiger partial charge in [-0.25, -0.2) is 4.39 Å². The highest BCUT2D eigenvalue weighted by molar-refractivity contribution is 5.94. The lowest BCUT2D eigenvalue weighted by Crippen LogP contribution is -2.28. The molecule has 1 heterocycles. The fourth-order valence-electron chi connectivity index (χ4n) is 2.57. The van der Waals surface area contributed by atoms with Crippen molar-refractivity contribution < 1.29 is 18.7 Å². The number of pyridine rings is 1. The summed E-state index contributed by atoms with van der Waals surface area (Å²) in [5.41, 5.74) is 2.08. The lowest BCUT2D eigenvalue weighted by molar-refractivity contribution is 0.0946. The lowest BCUT2D eigenvalue weighted by Gasteiger charge is -2.10. The maximum absolute atomic E-state index is 13.0. The molecule has 3 rings (SSSR count). The van der Waals surface area contributed by atoms with Crippen molar-refractivity contribution in [1.29, 1.82) is 0 Å². The SMILES string of the molecule is COc1ccc(OCCNC(=O)c2cncc(NCc3ccc(F)cc3)c2)cc1. The monoisotopic (exact) mass is 395 g/mol. The maximum Gasteiger partial charge on any atom is 0.253 e. The van der Waals surface area contributed by atoms with Crippen molar-refractivity contribution in [2.75, 3.05) is 25.6 Å². The first-order chi connectivity index (χ1) is 14.1. The smallest absolute Gasteiger partial charge is 0.253 e. The molecule has 0 aliphatic heterocycles. The minimum Gasteiger partial charge on any atom is -0.497 e. The number of hydrogen-bond acceptors (Lipinski definition) is 5. The van der Waals surface area contributed by atoms with E-state index in [0.717, 1.165) is 11.3 Å². The average molecular weight is 395 g/mol. The number of rotatable bonds is 9. The number of nitrogens with zero attached hydrogens (tertiary/aromatic N) is 1. The molecule has 2 N–H and O–H groups in total. The highest BCUT2D eigenvalue weighted by Crippen LogP contribution is 2.16. The molecule has 0 saturated carbocycles. The van der Waals surface area contributed by atoms with E-state index < -0.39 is 0 Å². The number of halogens is 1. The molecule has 29 heavy (non-hydrogen) atoms. The zero-order chi connectivity index (χ0) is 20.5. The molecular weight excluding hydrogens is 373 g/mol. The van der Waals surface area contributed by atoms with Crippen LogP contribution in [0.1, 0.15) is 15.9 Å². The van der Waals surface area contributed by atoms with Crippen LogP contribution in [0.4, 0.5) is 10.1 Å². The van der Waals surface area contributed by atoms with Gasteiger partial charge in [-0.2, -0.15) is 0 Å². The van der Waals surface area contributed by atoms with Crippen LogP contribution in [0.15, 0.2) is 67.0 Å². The fraction of sp³-hybridized carbons (Fsp3) is 0.182. The van der Waals surface area contributed by atoms with Crippen LogP contribution >= 0.6 is 0 Å². The number of carbonyl (C=O) groups is 1. The third-order valence-corrected chi connectivity index (χ3v) is 4.13. The molecule has 1 aromatic heterocycles. The van der Waals surface area contributed by atoms with Gasteiger partial charge in [-0.1, -0.05) is 12.1 Å². The summed E-state index contributed by atoms with van der Waals surface area (Å²) in [6, 6.07) is 15.2. The van der Waals surface area contributed by atoms with E-state index in [1.807, 2.05) is 12.1 Å². The summed E-state index contributed by atoms with van der Waals surface area (Å²) in [5, 5.41) is 5.97. The van der Waals surface area contributed by atoms with Gasteiger partial charge in [-0.05, 0) is 48.0 Å². The first-order valence-corrected chi connectivity index (χ1v) is 9.12. The van der Waals surface area contributed by atoms with Gasteiger partial charge in [0.15, 0.2) is 0 Å². The Kier molecular flexibility index (Phi) is 7.00. The third-order valence-electron chi connectivity index (χ3n) is 4.13. The Morgan fingerprint density at radius 1 is 1.03 bits per heavy atom. The minimum absolute atomic E-state index is 0.235. The molecule has 0 aliphatic carbocycles. The number of amides is 1.